The fraction of sp³-hybridized carbons (Fsp3) is 0.417. The Bertz CT molecular complexity index is 990. The molecule has 3 rings (SSSR count). The van der Waals surface area contributed by atoms with E-state index < -0.39 is 24.8 Å². The zero-order valence-corrected chi connectivity index (χ0v) is 18.8. The minimum Gasteiger partial charge on any atom is -0.449 e. The van der Waals surface area contributed by atoms with E-state index in [0.717, 1.165) is 37.7 Å². The van der Waals surface area contributed by atoms with Gasteiger partial charge in [-0.3, -0.25) is 0 Å². The van der Waals surface area contributed by atoms with Gasteiger partial charge in [-0.15, -0.1) is 0 Å². The minimum absolute atomic E-state index is 0.0544. The van der Waals surface area contributed by atoms with Crippen LogP contribution in [0.15, 0.2) is 42.5 Å². The number of urea groups is 1. The molecule has 3 N–H and O–H groups in total. The number of amides is 2. The van der Waals surface area contributed by atoms with Crippen molar-refractivity contribution >= 4 is 29.2 Å². The number of aryl methyl sites for hydroxylation is 1. The molecule has 0 saturated heterocycles. The second kappa shape index (κ2) is 11.1. The normalized spacial score (nSPS) is 14.4. The first kappa shape index (κ1) is 25.2. The molecule has 0 unspecified atom stereocenters. The molecule has 0 heterocycles. The topological polar surface area (TPSA) is 90.9 Å². The third kappa shape index (κ3) is 7.57. The number of carbonyl (C=O) groups is 2. The van der Waals surface area contributed by atoms with Gasteiger partial charge in [-0.25, -0.2) is 9.59 Å². The number of alkyl halides is 3. The maximum atomic E-state index is 13.1. The summed E-state index contributed by atoms with van der Waals surface area (Å²) < 4.78 is 44.0. The summed E-state index contributed by atoms with van der Waals surface area (Å²) in [4.78, 5) is 25.3. The van der Waals surface area contributed by atoms with Crippen molar-refractivity contribution in [2.75, 3.05) is 22.1 Å². The van der Waals surface area contributed by atoms with Crippen molar-refractivity contribution in [1.82, 2.24) is 0 Å². The lowest BCUT2D eigenvalue weighted by Crippen LogP contribution is -2.39. The van der Waals surface area contributed by atoms with Crippen molar-refractivity contribution in [3.63, 3.8) is 0 Å². The van der Waals surface area contributed by atoms with Crippen molar-refractivity contribution in [3.05, 3.63) is 48.0 Å². The van der Waals surface area contributed by atoms with Crippen LogP contribution in [0.1, 0.15) is 44.1 Å². The predicted molar refractivity (Wildman–Crippen MR) is 124 cm³/mol. The summed E-state index contributed by atoms with van der Waals surface area (Å²) in [5.41, 5.74) is 2.09. The lowest BCUT2D eigenvalue weighted by atomic mass is 9.93. The van der Waals surface area contributed by atoms with Gasteiger partial charge in [0, 0.05) is 24.3 Å². The zero-order valence-electron chi connectivity index (χ0n) is 18.8. The van der Waals surface area contributed by atoms with E-state index in [2.05, 4.69) is 10.6 Å². The average molecular weight is 479 g/mol. The van der Waals surface area contributed by atoms with Gasteiger partial charge in [0.2, 0.25) is 0 Å². The summed E-state index contributed by atoms with van der Waals surface area (Å²) in [7, 11) is 0. The smallest absolute Gasteiger partial charge is 0.449 e. The van der Waals surface area contributed by atoms with E-state index in [4.69, 9.17) is 9.84 Å². The van der Waals surface area contributed by atoms with E-state index in [-0.39, 0.29) is 24.0 Å². The van der Waals surface area contributed by atoms with Crippen LogP contribution in [0.3, 0.4) is 0 Å². The van der Waals surface area contributed by atoms with E-state index in [1.165, 1.54) is 18.2 Å². The highest BCUT2D eigenvalue weighted by molar-refractivity contribution is 6.02. The molecular weight excluding hydrogens is 451 g/mol. The first-order valence-corrected chi connectivity index (χ1v) is 11.1. The largest absolute Gasteiger partial charge is 0.511 e. The highest BCUT2D eigenvalue weighted by Crippen LogP contribution is 2.36. The van der Waals surface area contributed by atoms with Gasteiger partial charge in [-0.05, 0) is 44.0 Å². The van der Waals surface area contributed by atoms with Gasteiger partial charge >= 0.3 is 18.4 Å². The molecule has 0 aromatic heterocycles. The maximum Gasteiger partial charge on any atom is 0.511 e. The van der Waals surface area contributed by atoms with Gasteiger partial charge in [0.25, 0.3) is 0 Å². The van der Waals surface area contributed by atoms with Gasteiger partial charge in [0.15, 0.2) is 0 Å². The number of carbonyl (C=O) groups excluding carboxylic acids is 1. The summed E-state index contributed by atoms with van der Waals surface area (Å²) in [5, 5.41) is 14.3. The number of nitrogens with zero attached hydrogens (tertiary/aromatic N) is 1. The molecule has 1 aliphatic rings. The van der Waals surface area contributed by atoms with Crippen molar-refractivity contribution in [2.24, 2.45) is 0 Å². The zero-order chi connectivity index (χ0) is 24.7. The molecule has 10 heteroatoms. The number of hydrogen-bond donors (Lipinski definition) is 3. The first-order valence-electron chi connectivity index (χ1n) is 11.1. The Kier molecular flexibility index (Phi) is 8.25. The number of carboxylic acid groups (broad SMARTS) is 1. The highest BCUT2D eigenvalue weighted by Gasteiger charge is 2.31. The summed E-state index contributed by atoms with van der Waals surface area (Å²) >= 11 is 0. The summed E-state index contributed by atoms with van der Waals surface area (Å²) in [5.74, 6) is -0.0544. The molecule has 7 nitrogen and oxygen atoms in total. The van der Waals surface area contributed by atoms with Crippen LogP contribution in [0.4, 0.5) is 39.8 Å². The second-order valence-electron chi connectivity index (χ2n) is 8.34. The number of benzene rings is 2. The van der Waals surface area contributed by atoms with Crippen molar-refractivity contribution < 1.29 is 32.6 Å². The van der Waals surface area contributed by atoms with E-state index in [9.17, 15) is 22.8 Å². The number of nitrogens with one attached hydrogen (secondary N) is 2. The fourth-order valence-corrected chi connectivity index (χ4v) is 4.09. The predicted octanol–water partition coefficient (Wildman–Crippen LogP) is 6.79. The SMILES string of the molecule is Cc1ccc(NC(=O)Nc2cc(OC(=O)O)ccc2N(CCC(F)(F)F)C2CCCCC2)cc1. The standard InChI is InChI=1S/C24H28F3N3O4/c1-16-7-9-17(10-8-16)28-22(31)29-20-15-19(34-23(32)33)11-12-21(20)30(14-13-24(25,26)27)18-5-3-2-4-6-18/h7-12,15,18H,2-6,13-14H2,1H3,(H,32,33)(H2,28,29,31). The number of ether oxygens (including phenoxy) is 1. The lowest BCUT2D eigenvalue weighted by molar-refractivity contribution is -0.132. The van der Waals surface area contributed by atoms with Crippen LogP contribution < -0.4 is 20.3 Å². The number of halogens is 3. The van der Waals surface area contributed by atoms with E-state index in [1.807, 2.05) is 19.1 Å². The Balaban J connectivity index is 1.91. The molecule has 0 spiro atoms. The van der Waals surface area contributed by atoms with Gasteiger partial charge in [0.1, 0.15) is 5.75 Å². The molecule has 34 heavy (non-hydrogen) atoms. The summed E-state index contributed by atoms with van der Waals surface area (Å²) in [6, 6.07) is 10.5. The van der Waals surface area contributed by atoms with Gasteiger partial charge in [-0.1, -0.05) is 37.0 Å². The molecule has 2 amide bonds. The Morgan fingerprint density at radius 3 is 2.35 bits per heavy atom. The van der Waals surface area contributed by atoms with Crippen LogP contribution >= 0.6 is 0 Å². The number of hydrogen-bond acceptors (Lipinski definition) is 4. The quantitative estimate of drug-likeness (QED) is 0.301. The van der Waals surface area contributed by atoms with Gasteiger partial charge in [0.05, 0.1) is 17.8 Å². The van der Waals surface area contributed by atoms with Crippen LogP contribution in [0.2, 0.25) is 0 Å². The highest BCUT2D eigenvalue weighted by atomic mass is 19.4. The van der Waals surface area contributed by atoms with Crippen molar-refractivity contribution in [3.8, 4) is 5.75 Å². The molecule has 2 aromatic rings. The van der Waals surface area contributed by atoms with Crippen LogP contribution in [-0.4, -0.2) is 36.1 Å². The average Bonchev–Trinajstić information content (AvgIpc) is 2.76. The van der Waals surface area contributed by atoms with Gasteiger partial charge in [-0.2, -0.15) is 13.2 Å². The van der Waals surface area contributed by atoms with Crippen LogP contribution in [0, 0.1) is 6.92 Å². The molecule has 0 aliphatic heterocycles. The first-order chi connectivity index (χ1) is 16.1. The third-order valence-corrected chi connectivity index (χ3v) is 5.69. The lowest BCUT2D eigenvalue weighted by Gasteiger charge is -2.37. The molecule has 1 fully saturated rings. The molecular formula is C24H28F3N3O4. The van der Waals surface area contributed by atoms with Crippen molar-refractivity contribution in [2.45, 2.75) is 57.7 Å². The molecule has 2 aromatic carbocycles. The molecule has 0 bridgehead atoms. The third-order valence-electron chi connectivity index (χ3n) is 5.69. The summed E-state index contributed by atoms with van der Waals surface area (Å²) in [6.45, 7) is 1.63. The molecule has 0 radical (unpaired) electrons. The fourth-order valence-electron chi connectivity index (χ4n) is 4.09. The Labute approximate surface area is 195 Å². The summed E-state index contributed by atoms with van der Waals surface area (Å²) in [6.07, 6.45) is -2.57. The number of anilines is 3. The Morgan fingerprint density at radius 1 is 1.06 bits per heavy atom. The molecule has 0 atom stereocenters. The Hall–Kier alpha value is -3.43. The van der Waals surface area contributed by atoms with Crippen LogP contribution in [0.5, 0.6) is 5.75 Å². The minimum atomic E-state index is -4.34. The monoisotopic (exact) mass is 479 g/mol. The van der Waals surface area contributed by atoms with E-state index >= 15 is 0 Å². The Morgan fingerprint density at radius 2 is 1.74 bits per heavy atom. The molecule has 184 valence electrons. The van der Waals surface area contributed by atoms with Crippen molar-refractivity contribution in [1.29, 1.82) is 0 Å². The molecule has 1 saturated carbocycles. The van der Waals surface area contributed by atoms with Gasteiger partial charge < -0.3 is 25.4 Å². The van der Waals surface area contributed by atoms with E-state index in [0.29, 0.717) is 11.4 Å². The van der Waals surface area contributed by atoms with E-state index in [1.54, 1.807) is 17.0 Å². The van der Waals surface area contributed by atoms with Crippen LogP contribution in [-0.2, 0) is 0 Å². The maximum absolute atomic E-state index is 13.1. The number of rotatable bonds is 7. The van der Waals surface area contributed by atoms with Crippen LogP contribution in [0.25, 0.3) is 0 Å². The second-order valence-corrected chi connectivity index (χ2v) is 8.34. The molecule has 1 aliphatic carbocycles.